The fourth-order valence-electron chi connectivity index (χ4n) is 3.46. The number of ether oxygens (including phenoxy) is 1. The van der Waals surface area contributed by atoms with Gasteiger partial charge in [0.05, 0.1) is 0 Å². The van der Waals surface area contributed by atoms with Crippen LogP contribution in [0.15, 0.2) is 33.7 Å². The van der Waals surface area contributed by atoms with E-state index in [0.29, 0.717) is 12.0 Å². The number of rotatable bonds is 5. The second-order valence-electron chi connectivity index (χ2n) is 6.96. The molecule has 1 aromatic carbocycles. The Labute approximate surface area is 176 Å². The SMILES string of the molecule is CN=C(NC1CC1c1ccc(Br)cc1)N(C)CCC1CCOCC1.I. The standard InChI is InChI=1S/C19H28BrN3O.HI/c1-21-19(23(2)10-7-14-8-11-24-12-9-14)22-18-13-17(18)15-3-5-16(20)6-4-15;/h3-6,14,17-18H,7-13H2,1-2H3,(H,21,22);1H. The third-order valence-corrected chi connectivity index (χ3v) is 5.72. The molecule has 2 aliphatic rings. The average molecular weight is 522 g/mol. The zero-order chi connectivity index (χ0) is 16.9. The van der Waals surface area contributed by atoms with Crippen molar-refractivity contribution in [2.45, 2.75) is 37.6 Å². The van der Waals surface area contributed by atoms with E-state index in [0.717, 1.165) is 36.1 Å². The average Bonchev–Trinajstić information content (AvgIpc) is 3.38. The normalized spacial score (nSPS) is 23.7. The molecule has 1 aliphatic heterocycles. The lowest BCUT2D eigenvalue weighted by molar-refractivity contribution is 0.0625. The number of hydrogen-bond donors (Lipinski definition) is 1. The molecule has 140 valence electrons. The Balaban J connectivity index is 0.00000225. The summed E-state index contributed by atoms with van der Waals surface area (Å²) in [7, 11) is 4.02. The molecule has 0 amide bonds. The van der Waals surface area contributed by atoms with Crippen molar-refractivity contribution in [2.24, 2.45) is 10.9 Å². The quantitative estimate of drug-likeness (QED) is 0.357. The zero-order valence-electron chi connectivity index (χ0n) is 15.1. The van der Waals surface area contributed by atoms with Gasteiger partial charge in [-0.25, -0.2) is 0 Å². The topological polar surface area (TPSA) is 36.9 Å². The Hall–Kier alpha value is -0.340. The molecule has 6 heteroatoms. The van der Waals surface area contributed by atoms with Crippen LogP contribution in [0, 0.1) is 5.92 Å². The molecule has 1 N–H and O–H groups in total. The van der Waals surface area contributed by atoms with Crippen LogP contribution < -0.4 is 5.32 Å². The maximum absolute atomic E-state index is 5.44. The van der Waals surface area contributed by atoms with Crippen molar-refractivity contribution in [3.05, 3.63) is 34.3 Å². The van der Waals surface area contributed by atoms with Crippen LogP contribution in [0.1, 0.15) is 37.2 Å². The summed E-state index contributed by atoms with van der Waals surface area (Å²) in [4.78, 5) is 6.74. The Morgan fingerprint density at radius 2 is 1.96 bits per heavy atom. The predicted octanol–water partition coefficient (Wildman–Crippen LogP) is 4.25. The first kappa shape index (κ1) is 21.0. The minimum Gasteiger partial charge on any atom is -0.381 e. The Kier molecular flexibility index (Phi) is 8.48. The molecule has 4 nitrogen and oxygen atoms in total. The van der Waals surface area contributed by atoms with Crippen LogP contribution in [-0.2, 0) is 4.74 Å². The first-order valence-electron chi connectivity index (χ1n) is 8.95. The highest BCUT2D eigenvalue weighted by Gasteiger charge is 2.39. The van der Waals surface area contributed by atoms with Crippen molar-refractivity contribution in [1.82, 2.24) is 10.2 Å². The number of nitrogens with one attached hydrogen (secondary N) is 1. The number of hydrogen-bond acceptors (Lipinski definition) is 2. The van der Waals surface area contributed by atoms with Crippen molar-refractivity contribution in [3.63, 3.8) is 0 Å². The third kappa shape index (κ3) is 6.10. The monoisotopic (exact) mass is 521 g/mol. The van der Waals surface area contributed by atoms with Crippen LogP contribution in [0.5, 0.6) is 0 Å². The maximum atomic E-state index is 5.44. The summed E-state index contributed by atoms with van der Waals surface area (Å²) in [5.74, 6) is 2.43. The maximum Gasteiger partial charge on any atom is 0.193 e. The smallest absolute Gasteiger partial charge is 0.193 e. The zero-order valence-corrected chi connectivity index (χ0v) is 19.0. The van der Waals surface area contributed by atoms with E-state index in [-0.39, 0.29) is 24.0 Å². The van der Waals surface area contributed by atoms with Gasteiger partial charge in [0, 0.05) is 50.3 Å². The highest BCUT2D eigenvalue weighted by atomic mass is 127. The Morgan fingerprint density at radius 3 is 2.60 bits per heavy atom. The molecule has 0 bridgehead atoms. The first-order chi connectivity index (χ1) is 11.7. The summed E-state index contributed by atoms with van der Waals surface area (Å²) in [6, 6.07) is 9.19. The Bertz CT molecular complexity index is 560. The van der Waals surface area contributed by atoms with Crippen LogP contribution in [0.2, 0.25) is 0 Å². The van der Waals surface area contributed by atoms with Gasteiger partial charge in [-0.05, 0) is 49.3 Å². The van der Waals surface area contributed by atoms with Crippen LogP contribution in [0.3, 0.4) is 0 Å². The van der Waals surface area contributed by atoms with Crippen molar-refractivity contribution in [2.75, 3.05) is 33.9 Å². The van der Waals surface area contributed by atoms with E-state index in [1.54, 1.807) is 0 Å². The van der Waals surface area contributed by atoms with Gasteiger partial charge in [-0.3, -0.25) is 4.99 Å². The molecule has 1 heterocycles. The van der Waals surface area contributed by atoms with Crippen molar-refractivity contribution in [1.29, 1.82) is 0 Å². The molecule has 1 aromatic rings. The lowest BCUT2D eigenvalue weighted by Crippen LogP contribution is -2.41. The number of guanidine groups is 1. The van der Waals surface area contributed by atoms with Crippen molar-refractivity contribution in [3.8, 4) is 0 Å². The fraction of sp³-hybridized carbons (Fsp3) is 0.632. The van der Waals surface area contributed by atoms with Gasteiger partial charge in [0.25, 0.3) is 0 Å². The summed E-state index contributed by atoms with van der Waals surface area (Å²) in [5.41, 5.74) is 1.41. The molecule has 0 aromatic heterocycles. The molecule has 1 aliphatic carbocycles. The lowest BCUT2D eigenvalue weighted by Gasteiger charge is -2.27. The molecule has 2 unspecified atom stereocenters. The summed E-state index contributed by atoms with van der Waals surface area (Å²) in [6.07, 6.45) is 4.82. The van der Waals surface area contributed by atoms with E-state index in [1.165, 1.54) is 31.2 Å². The highest BCUT2D eigenvalue weighted by molar-refractivity contribution is 14.0. The largest absolute Gasteiger partial charge is 0.381 e. The second-order valence-corrected chi connectivity index (χ2v) is 7.87. The van der Waals surface area contributed by atoms with E-state index < -0.39 is 0 Å². The summed E-state index contributed by atoms with van der Waals surface area (Å²) < 4.78 is 6.58. The van der Waals surface area contributed by atoms with E-state index in [1.807, 2.05) is 7.05 Å². The van der Waals surface area contributed by atoms with E-state index in [2.05, 4.69) is 62.5 Å². The van der Waals surface area contributed by atoms with E-state index >= 15 is 0 Å². The third-order valence-electron chi connectivity index (χ3n) is 5.19. The lowest BCUT2D eigenvalue weighted by atomic mass is 9.96. The molecule has 3 rings (SSSR count). The molecule has 25 heavy (non-hydrogen) atoms. The van der Waals surface area contributed by atoms with Crippen LogP contribution in [0.25, 0.3) is 0 Å². The van der Waals surface area contributed by atoms with Gasteiger partial charge in [-0.1, -0.05) is 28.1 Å². The summed E-state index contributed by atoms with van der Waals surface area (Å²) in [5, 5.41) is 3.63. The molecule has 1 saturated carbocycles. The first-order valence-corrected chi connectivity index (χ1v) is 9.74. The van der Waals surface area contributed by atoms with Crippen LogP contribution in [-0.4, -0.2) is 50.8 Å². The van der Waals surface area contributed by atoms with Crippen molar-refractivity contribution < 1.29 is 4.74 Å². The molecule has 0 spiro atoms. The van der Waals surface area contributed by atoms with Gasteiger partial charge in [0.2, 0.25) is 0 Å². The number of halogens is 2. The van der Waals surface area contributed by atoms with E-state index in [9.17, 15) is 0 Å². The molecule has 2 atom stereocenters. The van der Waals surface area contributed by atoms with Gasteiger partial charge in [0.15, 0.2) is 5.96 Å². The number of benzene rings is 1. The Morgan fingerprint density at radius 1 is 1.28 bits per heavy atom. The van der Waals surface area contributed by atoms with Gasteiger partial charge >= 0.3 is 0 Å². The molecule has 2 fully saturated rings. The van der Waals surface area contributed by atoms with Gasteiger partial charge in [0.1, 0.15) is 0 Å². The minimum absolute atomic E-state index is 0. The van der Waals surface area contributed by atoms with Gasteiger partial charge < -0.3 is 15.0 Å². The van der Waals surface area contributed by atoms with E-state index in [4.69, 9.17) is 4.74 Å². The summed E-state index contributed by atoms with van der Waals surface area (Å²) in [6.45, 7) is 2.91. The predicted molar refractivity (Wildman–Crippen MR) is 118 cm³/mol. The van der Waals surface area contributed by atoms with Gasteiger partial charge in [-0.2, -0.15) is 0 Å². The molecular formula is C19H29BrIN3O. The highest BCUT2D eigenvalue weighted by Crippen LogP contribution is 2.41. The second kappa shape index (κ2) is 10.1. The molecular weight excluding hydrogens is 493 g/mol. The summed E-state index contributed by atoms with van der Waals surface area (Å²) >= 11 is 3.50. The minimum atomic E-state index is 0. The van der Waals surface area contributed by atoms with Crippen molar-refractivity contribution >= 4 is 45.9 Å². The number of aliphatic imine (C=N–C) groups is 1. The molecule has 0 radical (unpaired) electrons. The fourth-order valence-corrected chi connectivity index (χ4v) is 3.73. The van der Waals surface area contributed by atoms with Crippen LogP contribution in [0.4, 0.5) is 0 Å². The van der Waals surface area contributed by atoms with Gasteiger partial charge in [-0.15, -0.1) is 24.0 Å². The molecule has 1 saturated heterocycles. The number of nitrogens with zero attached hydrogens (tertiary/aromatic N) is 2. The van der Waals surface area contributed by atoms with Crippen LogP contribution >= 0.6 is 39.9 Å².